The third-order valence-corrected chi connectivity index (χ3v) is 5.09. The number of aromatic nitrogens is 3. The zero-order valence-electron chi connectivity index (χ0n) is 8.91. The largest absolute Gasteiger partial charge is 0.481 e. The maximum atomic E-state index is 10.4. The van der Waals surface area contributed by atoms with Gasteiger partial charge in [0.15, 0.2) is 5.82 Å². The van der Waals surface area contributed by atoms with E-state index in [2.05, 4.69) is 32.7 Å². The monoisotopic (exact) mass is 297 g/mol. The number of thiophene rings is 2. The van der Waals surface area contributed by atoms with Gasteiger partial charge in [-0.25, -0.2) is 4.98 Å². The Hall–Kier alpha value is -1.38. The lowest BCUT2D eigenvalue weighted by atomic mass is 10.4. The molecule has 0 atom stereocenters. The molecule has 0 fully saturated rings. The summed E-state index contributed by atoms with van der Waals surface area (Å²) < 4.78 is 2.46. The lowest BCUT2D eigenvalue weighted by Crippen LogP contribution is -1.97. The summed E-state index contributed by atoms with van der Waals surface area (Å²) in [6, 6.07) is 4.14. The number of carboxylic acids is 1. The fourth-order valence-corrected chi connectivity index (χ4v) is 4.00. The Balaban J connectivity index is 1.84. The zero-order valence-corrected chi connectivity index (χ0v) is 11.4. The molecule has 0 spiro atoms. The quantitative estimate of drug-likeness (QED) is 0.724. The van der Waals surface area contributed by atoms with Crippen molar-refractivity contribution in [3.8, 4) is 10.7 Å². The van der Waals surface area contributed by atoms with Gasteiger partial charge in [-0.05, 0) is 17.5 Å². The second-order valence-corrected chi connectivity index (χ2v) is 6.38. The van der Waals surface area contributed by atoms with Crippen LogP contribution in [0.1, 0.15) is 0 Å². The maximum Gasteiger partial charge on any atom is 0.313 e. The molecule has 0 unspecified atom stereocenters. The molecule has 0 aliphatic rings. The standard InChI is InChI=1S/C10H7N3O2S3/c14-8(15)4-17-10-11-9(12-13-10)7-3-6-5(18-7)1-2-16-6/h1-3H,4H2,(H,14,15)(H,11,12,13). The number of carbonyl (C=O) groups is 1. The SMILES string of the molecule is O=C(O)CSc1n[nH]c(-c2cc3sccc3s2)n1. The minimum Gasteiger partial charge on any atom is -0.481 e. The average molecular weight is 297 g/mol. The van der Waals surface area contributed by atoms with Crippen LogP contribution in [0.25, 0.3) is 20.1 Å². The summed E-state index contributed by atoms with van der Waals surface area (Å²) in [4.78, 5) is 15.7. The van der Waals surface area contributed by atoms with Gasteiger partial charge in [0.2, 0.25) is 5.16 Å². The van der Waals surface area contributed by atoms with E-state index in [0.29, 0.717) is 11.0 Å². The van der Waals surface area contributed by atoms with Crippen LogP contribution in [0.3, 0.4) is 0 Å². The smallest absolute Gasteiger partial charge is 0.313 e. The third-order valence-electron chi connectivity index (χ3n) is 2.16. The highest BCUT2D eigenvalue weighted by molar-refractivity contribution is 7.99. The number of hydrogen-bond donors (Lipinski definition) is 2. The molecule has 18 heavy (non-hydrogen) atoms. The predicted molar refractivity (Wildman–Crippen MR) is 73.4 cm³/mol. The molecular weight excluding hydrogens is 290 g/mol. The second-order valence-electron chi connectivity index (χ2n) is 3.41. The Morgan fingerprint density at radius 3 is 3.17 bits per heavy atom. The normalized spacial score (nSPS) is 11.1. The Labute approximate surface area is 114 Å². The van der Waals surface area contributed by atoms with E-state index >= 15 is 0 Å². The molecule has 92 valence electrons. The Morgan fingerprint density at radius 2 is 2.39 bits per heavy atom. The van der Waals surface area contributed by atoms with Crippen molar-refractivity contribution in [2.75, 3.05) is 5.75 Å². The maximum absolute atomic E-state index is 10.4. The van der Waals surface area contributed by atoms with Crippen molar-refractivity contribution in [1.82, 2.24) is 15.2 Å². The van der Waals surface area contributed by atoms with Gasteiger partial charge in [-0.1, -0.05) is 11.8 Å². The predicted octanol–water partition coefficient (Wildman–Crippen LogP) is 2.92. The van der Waals surface area contributed by atoms with E-state index in [1.807, 2.05) is 0 Å². The Kier molecular flexibility index (Phi) is 3.06. The van der Waals surface area contributed by atoms with Crippen molar-refractivity contribution < 1.29 is 9.90 Å². The third kappa shape index (κ3) is 2.26. The van der Waals surface area contributed by atoms with Crippen molar-refractivity contribution >= 4 is 49.8 Å². The minimum absolute atomic E-state index is 0.0309. The first kappa shape index (κ1) is 11.7. The molecular formula is C10H7N3O2S3. The van der Waals surface area contributed by atoms with E-state index in [-0.39, 0.29) is 5.75 Å². The highest BCUT2D eigenvalue weighted by atomic mass is 32.2. The molecule has 0 bridgehead atoms. The second kappa shape index (κ2) is 4.71. The summed E-state index contributed by atoms with van der Waals surface area (Å²) in [7, 11) is 0. The summed E-state index contributed by atoms with van der Waals surface area (Å²) in [6.45, 7) is 0. The molecule has 5 nitrogen and oxygen atoms in total. The van der Waals surface area contributed by atoms with Crippen molar-refractivity contribution in [2.45, 2.75) is 5.16 Å². The number of H-pyrrole nitrogens is 1. The van der Waals surface area contributed by atoms with E-state index in [4.69, 9.17) is 5.11 Å². The lowest BCUT2D eigenvalue weighted by Gasteiger charge is -1.88. The first-order valence-electron chi connectivity index (χ1n) is 4.97. The van der Waals surface area contributed by atoms with Crippen LogP contribution in [0.4, 0.5) is 0 Å². The van der Waals surface area contributed by atoms with Crippen LogP contribution < -0.4 is 0 Å². The lowest BCUT2D eigenvalue weighted by molar-refractivity contribution is -0.133. The van der Waals surface area contributed by atoms with Gasteiger partial charge in [-0.2, -0.15) is 0 Å². The summed E-state index contributed by atoms with van der Waals surface area (Å²) in [5, 5.41) is 17.9. The van der Waals surface area contributed by atoms with Gasteiger partial charge in [0, 0.05) is 9.40 Å². The van der Waals surface area contributed by atoms with Crippen molar-refractivity contribution in [2.24, 2.45) is 0 Å². The number of hydrogen-bond acceptors (Lipinski definition) is 6. The number of rotatable bonds is 4. The molecule has 0 radical (unpaired) electrons. The molecule has 0 amide bonds. The van der Waals surface area contributed by atoms with E-state index in [1.54, 1.807) is 22.7 Å². The fourth-order valence-electron chi connectivity index (χ4n) is 1.43. The number of fused-ring (bicyclic) bond motifs is 1. The van der Waals surface area contributed by atoms with Crippen molar-refractivity contribution in [1.29, 1.82) is 0 Å². The molecule has 8 heteroatoms. The van der Waals surface area contributed by atoms with Crippen molar-refractivity contribution in [3.05, 3.63) is 17.5 Å². The van der Waals surface area contributed by atoms with Crippen LogP contribution in [0, 0.1) is 0 Å². The zero-order chi connectivity index (χ0) is 12.5. The molecule has 0 saturated heterocycles. The van der Waals surface area contributed by atoms with E-state index in [9.17, 15) is 4.79 Å². The van der Waals surface area contributed by atoms with Crippen molar-refractivity contribution in [3.63, 3.8) is 0 Å². The topological polar surface area (TPSA) is 78.9 Å². The molecule has 0 aromatic carbocycles. The van der Waals surface area contributed by atoms with Gasteiger partial charge < -0.3 is 5.11 Å². The number of nitrogens with zero attached hydrogens (tertiary/aromatic N) is 2. The van der Waals surface area contributed by atoms with Crippen LogP contribution in [0.2, 0.25) is 0 Å². The molecule has 2 N–H and O–H groups in total. The molecule has 0 aliphatic carbocycles. The Bertz CT molecular complexity index is 671. The van der Waals surface area contributed by atoms with E-state index in [0.717, 1.165) is 16.6 Å². The molecule has 3 heterocycles. The van der Waals surface area contributed by atoms with Gasteiger partial charge in [0.1, 0.15) is 0 Å². The fraction of sp³-hybridized carbons (Fsp3) is 0.100. The number of aliphatic carboxylic acids is 1. The van der Waals surface area contributed by atoms with Gasteiger partial charge in [0.05, 0.1) is 10.6 Å². The number of aromatic amines is 1. The molecule has 3 rings (SSSR count). The molecule has 3 aromatic heterocycles. The van der Waals surface area contributed by atoms with Crippen LogP contribution in [0.5, 0.6) is 0 Å². The Morgan fingerprint density at radius 1 is 1.50 bits per heavy atom. The number of nitrogens with one attached hydrogen (secondary N) is 1. The summed E-state index contributed by atoms with van der Waals surface area (Å²) >= 11 is 4.44. The van der Waals surface area contributed by atoms with Gasteiger partial charge in [-0.3, -0.25) is 9.89 Å². The molecule has 0 aliphatic heterocycles. The highest BCUT2D eigenvalue weighted by Crippen LogP contribution is 2.35. The average Bonchev–Trinajstić information content (AvgIpc) is 3.00. The first-order chi connectivity index (χ1) is 8.72. The molecule has 3 aromatic rings. The van der Waals surface area contributed by atoms with Crippen LogP contribution in [-0.2, 0) is 4.79 Å². The van der Waals surface area contributed by atoms with Gasteiger partial charge in [-0.15, -0.1) is 27.8 Å². The highest BCUT2D eigenvalue weighted by Gasteiger charge is 2.11. The number of carboxylic acid groups (broad SMARTS) is 1. The summed E-state index contributed by atoms with van der Waals surface area (Å²) in [5.74, 6) is -0.212. The summed E-state index contributed by atoms with van der Waals surface area (Å²) in [5.41, 5.74) is 0. The van der Waals surface area contributed by atoms with Crippen LogP contribution in [-0.4, -0.2) is 32.0 Å². The van der Waals surface area contributed by atoms with Crippen LogP contribution >= 0.6 is 34.4 Å². The van der Waals surface area contributed by atoms with E-state index in [1.165, 1.54) is 9.40 Å². The first-order valence-corrected chi connectivity index (χ1v) is 7.65. The minimum atomic E-state index is -0.872. The summed E-state index contributed by atoms with van der Waals surface area (Å²) in [6.07, 6.45) is 0. The molecule has 0 saturated carbocycles. The number of thioether (sulfide) groups is 1. The van der Waals surface area contributed by atoms with Gasteiger partial charge in [0.25, 0.3) is 0 Å². The van der Waals surface area contributed by atoms with E-state index < -0.39 is 5.97 Å². The van der Waals surface area contributed by atoms with Gasteiger partial charge >= 0.3 is 5.97 Å². The van der Waals surface area contributed by atoms with Crippen LogP contribution in [0.15, 0.2) is 22.7 Å².